The summed E-state index contributed by atoms with van der Waals surface area (Å²) < 4.78 is 39.8. The van der Waals surface area contributed by atoms with Gasteiger partial charge in [-0.25, -0.2) is 18.1 Å². The van der Waals surface area contributed by atoms with Gasteiger partial charge in [-0.05, 0) is 30.7 Å². The van der Waals surface area contributed by atoms with Crippen LogP contribution in [0.15, 0.2) is 47.6 Å². The van der Waals surface area contributed by atoms with Crippen LogP contribution in [0.2, 0.25) is 0 Å². The lowest BCUT2D eigenvalue weighted by atomic mass is 10.3. The molecule has 0 atom stereocenters. The molecule has 2 aromatic heterocycles. The van der Waals surface area contributed by atoms with Crippen LogP contribution < -0.4 is 14.2 Å². The topological polar surface area (TPSA) is 81.9 Å². The molecule has 26 heavy (non-hydrogen) atoms. The van der Waals surface area contributed by atoms with E-state index >= 15 is 0 Å². The van der Waals surface area contributed by atoms with E-state index in [0.717, 1.165) is 16.9 Å². The fourth-order valence-electron chi connectivity index (χ4n) is 2.66. The van der Waals surface area contributed by atoms with E-state index in [4.69, 9.17) is 9.47 Å². The Morgan fingerprint density at radius 1 is 1.08 bits per heavy atom. The molecule has 0 unspecified atom stereocenters. The maximum absolute atomic E-state index is 12.5. The summed E-state index contributed by atoms with van der Waals surface area (Å²) in [5.74, 6) is 0.845. The number of methoxy groups -OCH3 is 2. The molecule has 0 fully saturated rings. The highest BCUT2D eigenvalue weighted by Crippen LogP contribution is 2.29. The van der Waals surface area contributed by atoms with E-state index in [9.17, 15) is 8.42 Å². The summed E-state index contributed by atoms with van der Waals surface area (Å²) in [6.07, 6.45) is 4.39. The van der Waals surface area contributed by atoms with Crippen molar-refractivity contribution in [3.8, 4) is 11.5 Å². The molecule has 138 valence electrons. The number of nitrogens with zero attached hydrogens (tertiary/aromatic N) is 2. The van der Waals surface area contributed by atoms with Gasteiger partial charge < -0.3 is 13.9 Å². The number of hydrogen-bond acceptors (Lipinski definition) is 5. The van der Waals surface area contributed by atoms with Gasteiger partial charge in [0.05, 0.1) is 24.8 Å². The fraction of sp³-hybridized carbons (Fsp3) is 0.278. The predicted molar refractivity (Wildman–Crippen MR) is 98.4 cm³/mol. The highest BCUT2D eigenvalue weighted by atomic mass is 32.2. The standard InChI is InChI=1S/C18H21N3O4S/c1-13-4-7-18-20-14(12-21(18)11-13)8-9-19-26(22,23)15-5-6-16(24-2)17(10-15)25-3/h4-7,10-12,19H,8-9H2,1-3H3. The minimum Gasteiger partial charge on any atom is -0.493 e. The van der Waals surface area contributed by atoms with Gasteiger partial charge in [0, 0.05) is 31.4 Å². The van der Waals surface area contributed by atoms with Gasteiger partial charge in [-0.15, -0.1) is 0 Å². The van der Waals surface area contributed by atoms with Crippen LogP contribution in [0.5, 0.6) is 11.5 Å². The van der Waals surface area contributed by atoms with Crippen molar-refractivity contribution >= 4 is 15.7 Å². The van der Waals surface area contributed by atoms with Crippen LogP contribution in [0.4, 0.5) is 0 Å². The lowest BCUT2D eigenvalue weighted by Gasteiger charge is -2.10. The summed E-state index contributed by atoms with van der Waals surface area (Å²) in [5, 5.41) is 0. The Balaban J connectivity index is 1.69. The van der Waals surface area contributed by atoms with Gasteiger partial charge in [-0.3, -0.25) is 0 Å². The Bertz CT molecular complexity index is 1030. The number of ether oxygens (including phenoxy) is 2. The van der Waals surface area contributed by atoms with Crippen LogP contribution in [0.3, 0.4) is 0 Å². The molecular formula is C18H21N3O4S. The Kier molecular flexibility index (Phi) is 5.15. The van der Waals surface area contributed by atoms with Crippen molar-refractivity contribution in [2.24, 2.45) is 0 Å². The molecule has 0 amide bonds. The van der Waals surface area contributed by atoms with Gasteiger partial charge in [0.25, 0.3) is 0 Å². The van der Waals surface area contributed by atoms with Crippen LogP contribution in [-0.2, 0) is 16.4 Å². The zero-order valence-electron chi connectivity index (χ0n) is 14.9. The molecule has 3 aromatic rings. The summed E-state index contributed by atoms with van der Waals surface area (Å²) in [7, 11) is -0.679. The number of imidazole rings is 1. The number of pyridine rings is 1. The molecule has 0 bridgehead atoms. The number of hydrogen-bond donors (Lipinski definition) is 1. The van der Waals surface area contributed by atoms with Crippen molar-refractivity contribution in [3.05, 3.63) is 54.0 Å². The molecule has 0 saturated heterocycles. The van der Waals surface area contributed by atoms with E-state index in [0.29, 0.717) is 17.9 Å². The zero-order valence-corrected chi connectivity index (χ0v) is 15.7. The number of rotatable bonds is 7. The van der Waals surface area contributed by atoms with E-state index < -0.39 is 10.0 Å². The maximum atomic E-state index is 12.5. The number of sulfonamides is 1. The average molecular weight is 375 g/mol. The first-order chi connectivity index (χ1) is 12.4. The van der Waals surface area contributed by atoms with E-state index in [2.05, 4.69) is 9.71 Å². The highest BCUT2D eigenvalue weighted by Gasteiger charge is 2.16. The number of fused-ring (bicyclic) bond motifs is 1. The Morgan fingerprint density at radius 3 is 2.58 bits per heavy atom. The van der Waals surface area contributed by atoms with Gasteiger partial charge in [0.15, 0.2) is 11.5 Å². The number of aryl methyl sites for hydroxylation is 1. The van der Waals surface area contributed by atoms with Crippen molar-refractivity contribution < 1.29 is 17.9 Å². The smallest absolute Gasteiger partial charge is 0.240 e. The summed E-state index contributed by atoms with van der Waals surface area (Å²) >= 11 is 0. The Hall–Kier alpha value is -2.58. The molecule has 3 rings (SSSR count). The van der Waals surface area contributed by atoms with Crippen LogP contribution in [-0.4, -0.2) is 38.6 Å². The Morgan fingerprint density at radius 2 is 1.85 bits per heavy atom. The molecule has 0 saturated carbocycles. The second-order valence-corrected chi connectivity index (χ2v) is 7.64. The average Bonchev–Trinajstić information content (AvgIpc) is 3.02. The first-order valence-corrected chi connectivity index (χ1v) is 9.57. The normalized spacial score (nSPS) is 11.7. The highest BCUT2D eigenvalue weighted by molar-refractivity contribution is 7.89. The van der Waals surface area contributed by atoms with Crippen molar-refractivity contribution in [1.82, 2.24) is 14.1 Å². The fourth-order valence-corrected chi connectivity index (χ4v) is 3.70. The molecule has 1 aromatic carbocycles. The second kappa shape index (κ2) is 7.35. The van der Waals surface area contributed by atoms with E-state index in [1.165, 1.54) is 26.4 Å². The van der Waals surface area contributed by atoms with Gasteiger partial charge in [-0.2, -0.15) is 0 Å². The molecule has 0 aliphatic rings. The van der Waals surface area contributed by atoms with Crippen LogP contribution in [0.1, 0.15) is 11.3 Å². The van der Waals surface area contributed by atoms with Crippen LogP contribution >= 0.6 is 0 Å². The van der Waals surface area contributed by atoms with E-state index in [1.54, 1.807) is 6.07 Å². The Labute approximate surface area is 152 Å². The lowest BCUT2D eigenvalue weighted by Crippen LogP contribution is -2.26. The minimum atomic E-state index is -3.64. The third kappa shape index (κ3) is 3.81. The summed E-state index contributed by atoms with van der Waals surface area (Å²) in [4.78, 5) is 4.61. The predicted octanol–water partition coefficient (Wildman–Crippen LogP) is 2.18. The van der Waals surface area contributed by atoms with Gasteiger partial charge in [-0.1, -0.05) is 6.07 Å². The lowest BCUT2D eigenvalue weighted by molar-refractivity contribution is 0.354. The molecular weight excluding hydrogens is 354 g/mol. The van der Waals surface area contributed by atoms with Crippen LogP contribution in [0.25, 0.3) is 5.65 Å². The van der Waals surface area contributed by atoms with E-state index in [1.807, 2.05) is 35.9 Å². The molecule has 0 aliphatic carbocycles. The number of nitrogens with one attached hydrogen (secondary N) is 1. The van der Waals surface area contributed by atoms with Crippen molar-refractivity contribution in [2.75, 3.05) is 20.8 Å². The second-order valence-electron chi connectivity index (χ2n) is 5.87. The molecule has 8 heteroatoms. The molecule has 7 nitrogen and oxygen atoms in total. The third-order valence-electron chi connectivity index (χ3n) is 3.99. The SMILES string of the molecule is COc1ccc(S(=O)(=O)NCCc2cn3cc(C)ccc3n2)cc1OC. The molecule has 0 radical (unpaired) electrons. The summed E-state index contributed by atoms with van der Waals surface area (Å²) in [5.41, 5.74) is 2.80. The monoisotopic (exact) mass is 375 g/mol. The number of benzene rings is 1. The molecule has 2 heterocycles. The van der Waals surface area contributed by atoms with Gasteiger partial charge in [0.1, 0.15) is 5.65 Å². The largest absolute Gasteiger partial charge is 0.493 e. The number of aromatic nitrogens is 2. The minimum absolute atomic E-state index is 0.126. The van der Waals surface area contributed by atoms with E-state index in [-0.39, 0.29) is 11.4 Å². The third-order valence-corrected chi connectivity index (χ3v) is 5.45. The zero-order chi connectivity index (χ0) is 18.7. The first kappa shape index (κ1) is 18.2. The molecule has 1 N–H and O–H groups in total. The first-order valence-electron chi connectivity index (χ1n) is 8.09. The summed E-state index contributed by atoms with van der Waals surface area (Å²) in [6, 6.07) is 8.42. The van der Waals surface area contributed by atoms with Gasteiger partial charge >= 0.3 is 0 Å². The molecule has 0 spiro atoms. The van der Waals surface area contributed by atoms with Crippen molar-refractivity contribution in [3.63, 3.8) is 0 Å². The maximum Gasteiger partial charge on any atom is 0.240 e. The molecule has 0 aliphatic heterocycles. The van der Waals surface area contributed by atoms with Crippen LogP contribution in [0, 0.1) is 6.92 Å². The summed E-state index contributed by atoms with van der Waals surface area (Å²) in [6.45, 7) is 2.26. The quantitative estimate of drug-likeness (QED) is 0.684. The van der Waals surface area contributed by atoms with Crippen molar-refractivity contribution in [1.29, 1.82) is 0 Å². The van der Waals surface area contributed by atoms with Gasteiger partial charge in [0.2, 0.25) is 10.0 Å². The van der Waals surface area contributed by atoms with Crippen molar-refractivity contribution in [2.45, 2.75) is 18.2 Å².